The fourth-order valence-corrected chi connectivity index (χ4v) is 2.34. The second-order valence-electron chi connectivity index (χ2n) is 5.28. The number of nitrogens with one attached hydrogen (secondary N) is 1. The van der Waals surface area contributed by atoms with Crippen LogP contribution in [-0.4, -0.2) is 25.7 Å². The minimum Gasteiger partial charge on any atom is -0.490 e. The Morgan fingerprint density at radius 3 is 2.62 bits per heavy atom. The highest BCUT2D eigenvalue weighted by molar-refractivity contribution is 5.94. The van der Waals surface area contributed by atoms with Crippen LogP contribution in [-0.2, 0) is 6.54 Å². The van der Waals surface area contributed by atoms with Gasteiger partial charge in [-0.05, 0) is 42.0 Å². The monoisotopic (exact) mass is 325 g/mol. The van der Waals surface area contributed by atoms with Gasteiger partial charge in [0.05, 0.1) is 0 Å². The summed E-state index contributed by atoms with van der Waals surface area (Å²) in [6, 6.07) is 12.7. The van der Waals surface area contributed by atoms with Gasteiger partial charge in [-0.3, -0.25) is 4.79 Å². The maximum absolute atomic E-state index is 12.2. The molecule has 1 aliphatic heterocycles. The molecular weight excluding hydrogens is 306 g/mol. The van der Waals surface area contributed by atoms with Crippen molar-refractivity contribution < 1.29 is 19.0 Å². The van der Waals surface area contributed by atoms with Gasteiger partial charge in [-0.25, -0.2) is 0 Å². The summed E-state index contributed by atoms with van der Waals surface area (Å²) in [6.45, 7) is 5.57. The van der Waals surface area contributed by atoms with Crippen molar-refractivity contribution in [1.29, 1.82) is 0 Å². The van der Waals surface area contributed by atoms with E-state index in [4.69, 9.17) is 14.2 Å². The molecule has 0 bridgehead atoms. The van der Waals surface area contributed by atoms with Crippen LogP contribution in [0.5, 0.6) is 17.2 Å². The molecular formula is C19H19NO4. The number of benzene rings is 2. The zero-order chi connectivity index (χ0) is 16.8. The van der Waals surface area contributed by atoms with E-state index in [0.717, 1.165) is 17.1 Å². The van der Waals surface area contributed by atoms with Crippen LogP contribution >= 0.6 is 0 Å². The summed E-state index contributed by atoms with van der Waals surface area (Å²) in [5.74, 6) is 2.03. The second kappa shape index (κ2) is 7.55. The molecule has 1 aliphatic rings. The molecule has 24 heavy (non-hydrogen) atoms. The average Bonchev–Trinajstić information content (AvgIpc) is 2.64. The first-order valence-corrected chi connectivity index (χ1v) is 7.77. The van der Waals surface area contributed by atoms with E-state index < -0.39 is 0 Å². The lowest BCUT2D eigenvalue weighted by atomic mass is 10.1. The maximum atomic E-state index is 12.2. The number of hydrogen-bond donors (Lipinski definition) is 1. The molecule has 5 nitrogen and oxygen atoms in total. The third kappa shape index (κ3) is 3.87. The molecule has 1 heterocycles. The Labute approximate surface area is 140 Å². The Morgan fingerprint density at radius 2 is 1.88 bits per heavy atom. The van der Waals surface area contributed by atoms with E-state index in [1.54, 1.807) is 30.3 Å². The summed E-state index contributed by atoms with van der Waals surface area (Å²) in [7, 11) is 0. The third-order valence-electron chi connectivity index (χ3n) is 3.54. The number of carbonyl (C=O) groups is 1. The van der Waals surface area contributed by atoms with Gasteiger partial charge in [0.2, 0.25) is 0 Å². The summed E-state index contributed by atoms with van der Waals surface area (Å²) < 4.78 is 16.4. The fraction of sp³-hybridized carbons (Fsp3) is 0.211. The fourth-order valence-electron chi connectivity index (χ4n) is 2.34. The van der Waals surface area contributed by atoms with E-state index in [9.17, 15) is 4.79 Å². The molecule has 2 aromatic carbocycles. The zero-order valence-corrected chi connectivity index (χ0v) is 13.3. The van der Waals surface area contributed by atoms with E-state index in [0.29, 0.717) is 37.7 Å². The Balaban J connectivity index is 1.58. The standard InChI is InChI=1S/C19H19NO4/c1-2-9-22-16-6-4-15(5-7-16)19(21)20-13-14-3-8-17-18(12-14)24-11-10-23-17/h2-8,12H,1,9-11,13H2,(H,20,21). The lowest BCUT2D eigenvalue weighted by Gasteiger charge is -2.19. The average molecular weight is 325 g/mol. The van der Waals surface area contributed by atoms with Gasteiger partial charge in [0, 0.05) is 12.1 Å². The van der Waals surface area contributed by atoms with Crippen molar-refractivity contribution in [3.63, 3.8) is 0 Å². The smallest absolute Gasteiger partial charge is 0.251 e. The van der Waals surface area contributed by atoms with Gasteiger partial charge < -0.3 is 19.5 Å². The van der Waals surface area contributed by atoms with E-state index in [2.05, 4.69) is 11.9 Å². The third-order valence-corrected chi connectivity index (χ3v) is 3.54. The van der Waals surface area contributed by atoms with Gasteiger partial charge in [0.1, 0.15) is 25.6 Å². The van der Waals surface area contributed by atoms with Gasteiger partial charge in [0.25, 0.3) is 5.91 Å². The Morgan fingerprint density at radius 1 is 1.12 bits per heavy atom. The van der Waals surface area contributed by atoms with Gasteiger partial charge in [0.15, 0.2) is 11.5 Å². The molecule has 0 aromatic heterocycles. The molecule has 2 aromatic rings. The first kappa shape index (κ1) is 15.9. The van der Waals surface area contributed by atoms with E-state index in [1.165, 1.54) is 0 Å². The van der Waals surface area contributed by atoms with Crippen molar-refractivity contribution >= 4 is 5.91 Å². The lowest BCUT2D eigenvalue weighted by Crippen LogP contribution is -2.23. The van der Waals surface area contributed by atoms with Crippen molar-refractivity contribution in [2.45, 2.75) is 6.54 Å². The largest absolute Gasteiger partial charge is 0.490 e. The Hall–Kier alpha value is -2.95. The molecule has 1 amide bonds. The topological polar surface area (TPSA) is 56.8 Å². The molecule has 0 aliphatic carbocycles. The molecule has 0 unspecified atom stereocenters. The van der Waals surface area contributed by atoms with Crippen LogP contribution < -0.4 is 19.5 Å². The molecule has 1 N–H and O–H groups in total. The number of carbonyl (C=O) groups excluding carboxylic acids is 1. The summed E-state index contributed by atoms with van der Waals surface area (Å²) in [5, 5.41) is 2.89. The van der Waals surface area contributed by atoms with Crippen LogP contribution in [0.4, 0.5) is 0 Å². The van der Waals surface area contributed by atoms with Crippen molar-refractivity contribution in [1.82, 2.24) is 5.32 Å². The van der Waals surface area contributed by atoms with Gasteiger partial charge >= 0.3 is 0 Å². The van der Waals surface area contributed by atoms with Crippen molar-refractivity contribution in [2.24, 2.45) is 0 Å². The number of hydrogen-bond acceptors (Lipinski definition) is 4. The van der Waals surface area contributed by atoms with E-state index in [1.807, 2.05) is 18.2 Å². The highest BCUT2D eigenvalue weighted by atomic mass is 16.6. The van der Waals surface area contributed by atoms with Crippen LogP contribution in [0.1, 0.15) is 15.9 Å². The van der Waals surface area contributed by atoms with Gasteiger partial charge in [-0.1, -0.05) is 18.7 Å². The van der Waals surface area contributed by atoms with Crippen LogP contribution in [0.3, 0.4) is 0 Å². The number of amides is 1. The first-order chi connectivity index (χ1) is 11.8. The molecule has 0 spiro atoms. The second-order valence-corrected chi connectivity index (χ2v) is 5.28. The summed E-state index contributed by atoms with van der Waals surface area (Å²) in [6.07, 6.45) is 1.67. The molecule has 5 heteroatoms. The number of ether oxygens (including phenoxy) is 3. The van der Waals surface area contributed by atoms with Crippen LogP contribution in [0.25, 0.3) is 0 Å². The highest BCUT2D eigenvalue weighted by Gasteiger charge is 2.12. The lowest BCUT2D eigenvalue weighted by molar-refractivity contribution is 0.0950. The van der Waals surface area contributed by atoms with Crippen molar-refractivity contribution in [3.8, 4) is 17.2 Å². The maximum Gasteiger partial charge on any atom is 0.251 e. The highest BCUT2D eigenvalue weighted by Crippen LogP contribution is 2.30. The summed E-state index contributed by atoms with van der Waals surface area (Å²) >= 11 is 0. The minimum atomic E-state index is -0.139. The molecule has 0 saturated heterocycles. The molecule has 124 valence electrons. The SMILES string of the molecule is C=CCOc1ccc(C(=O)NCc2ccc3c(c2)OCCO3)cc1. The zero-order valence-electron chi connectivity index (χ0n) is 13.3. The predicted molar refractivity (Wildman–Crippen MR) is 90.7 cm³/mol. The molecule has 0 radical (unpaired) electrons. The number of rotatable bonds is 6. The Kier molecular flexibility index (Phi) is 5.01. The van der Waals surface area contributed by atoms with Gasteiger partial charge in [-0.2, -0.15) is 0 Å². The van der Waals surface area contributed by atoms with Gasteiger partial charge in [-0.15, -0.1) is 0 Å². The van der Waals surface area contributed by atoms with Crippen molar-refractivity contribution in [3.05, 3.63) is 66.2 Å². The van der Waals surface area contributed by atoms with Crippen LogP contribution in [0, 0.1) is 0 Å². The normalized spacial score (nSPS) is 12.3. The van der Waals surface area contributed by atoms with Crippen molar-refractivity contribution in [2.75, 3.05) is 19.8 Å². The van der Waals surface area contributed by atoms with E-state index >= 15 is 0 Å². The molecule has 0 fully saturated rings. The predicted octanol–water partition coefficient (Wildman–Crippen LogP) is 2.95. The quantitative estimate of drug-likeness (QED) is 0.830. The number of fused-ring (bicyclic) bond motifs is 1. The summed E-state index contributed by atoms with van der Waals surface area (Å²) in [4.78, 5) is 12.2. The van der Waals surface area contributed by atoms with Crippen LogP contribution in [0.2, 0.25) is 0 Å². The Bertz CT molecular complexity index is 725. The minimum absolute atomic E-state index is 0.139. The molecule has 0 saturated carbocycles. The summed E-state index contributed by atoms with van der Waals surface area (Å²) in [5.41, 5.74) is 1.54. The molecule has 3 rings (SSSR count). The van der Waals surface area contributed by atoms with Crippen LogP contribution in [0.15, 0.2) is 55.1 Å². The van der Waals surface area contributed by atoms with E-state index in [-0.39, 0.29) is 5.91 Å². The first-order valence-electron chi connectivity index (χ1n) is 7.77. The molecule has 0 atom stereocenters.